The molecule has 0 aromatic carbocycles. The topological polar surface area (TPSA) is 36.4 Å². The molecule has 0 atom stereocenters. The monoisotopic (exact) mass is 280 g/mol. The maximum Gasteiger partial charge on any atom is 0.255 e. The van der Waals surface area contributed by atoms with Crippen LogP contribution in [0.5, 0.6) is 0 Å². The zero-order valence-electron chi connectivity index (χ0n) is 7.91. The molecule has 0 spiro atoms. The number of aliphatic hydroxyl groups excluding tert-OH is 1. The number of nitrogens with zero attached hydrogens (tertiary/aromatic N) is 2. The van der Waals surface area contributed by atoms with E-state index in [0.717, 1.165) is 0 Å². The van der Waals surface area contributed by atoms with E-state index in [2.05, 4.69) is 20.9 Å². The third kappa shape index (κ3) is 3.71. The van der Waals surface area contributed by atoms with Crippen molar-refractivity contribution in [3.05, 3.63) is 22.9 Å². The molecule has 15 heavy (non-hydrogen) atoms. The quantitative estimate of drug-likeness (QED) is 0.895. The molecular formula is C9H11BrF2N2O. The van der Waals surface area contributed by atoms with Crippen LogP contribution in [0, 0.1) is 0 Å². The Morgan fingerprint density at radius 1 is 1.53 bits per heavy atom. The number of hydrogen-bond donors (Lipinski definition) is 1. The van der Waals surface area contributed by atoms with Crippen LogP contribution < -0.4 is 4.90 Å². The van der Waals surface area contributed by atoms with E-state index in [1.807, 2.05) is 0 Å². The Morgan fingerprint density at radius 3 is 2.80 bits per heavy atom. The molecule has 6 heteroatoms. The van der Waals surface area contributed by atoms with Gasteiger partial charge in [-0.1, -0.05) is 0 Å². The zero-order chi connectivity index (χ0) is 11.3. The van der Waals surface area contributed by atoms with Crippen molar-refractivity contribution in [3.8, 4) is 0 Å². The molecule has 0 unspecified atom stereocenters. The van der Waals surface area contributed by atoms with Crippen molar-refractivity contribution < 1.29 is 13.9 Å². The third-order valence-corrected chi connectivity index (χ3v) is 2.43. The molecule has 0 amide bonds. The van der Waals surface area contributed by atoms with E-state index in [4.69, 9.17) is 5.11 Å². The van der Waals surface area contributed by atoms with Crippen molar-refractivity contribution in [2.45, 2.75) is 6.43 Å². The molecule has 1 heterocycles. The molecular weight excluding hydrogens is 270 g/mol. The molecule has 1 aromatic rings. The second-order valence-corrected chi connectivity index (χ2v) is 3.74. The van der Waals surface area contributed by atoms with Crippen molar-refractivity contribution in [3.63, 3.8) is 0 Å². The highest BCUT2D eigenvalue weighted by Crippen LogP contribution is 2.24. The number of rotatable bonds is 5. The summed E-state index contributed by atoms with van der Waals surface area (Å²) in [5.74, 6) is 0. The van der Waals surface area contributed by atoms with Crippen LogP contribution in [0.2, 0.25) is 0 Å². The summed E-state index contributed by atoms with van der Waals surface area (Å²) < 4.78 is 25.2. The number of pyridine rings is 1. The van der Waals surface area contributed by atoms with Gasteiger partial charge in [0.15, 0.2) is 0 Å². The van der Waals surface area contributed by atoms with Gasteiger partial charge in [0.1, 0.15) is 0 Å². The molecule has 0 aliphatic heterocycles. The summed E-state index contributed by atoms with van der Waals surface area (Å²) in [4.78, 5) is 5.26. The first kappa shape index (κ1) is 12.3. The Morgan fingerprint density at radius 2 is 2.27 bits per heavy atom. The molecule has 1 aromatic heterocycles. The summed E-state index contributed by atoms with van der Waals surface area (Å²) in [6.07, 6.45) is 0.623. The number of anilines is 1. The Hall–Kier alpha value is -0.750. The van der Waals surface area contributed by atoms with Crippen LogP contribution in [0.1, 0.15) is 0 Å². The van der Waals surface area contributed by atoms with E-state index in [9.17, 15) is 8.78 Å². The third-order valence-electron chi connectivity index (χ3n) is 1.82. The lowest BCUT2D eigenvalue weighted by molar-refractivity contribution is 0.152. The van der Waals surface area contributed by atoms with Gasteiger partial charge in [-0.15, -0.1) is 0 Å². The second-order valence-electron chi connectivity index (χ2n) is 2.89. The number of halogens is 3. The molecule has 84 valence electrons. The molecule has 0 aliphatic rings. The minimum atomic E-state index is -2.43. The highest BCUT2D eigenvalue weighted by Gasteiger charge is 2.14. The summed E-state index contributed by atoms with van der Waals surface area (Å²) in [5, 5.41) is 8.78. The predicted molar refractivity (Wildman–Crippen MR) is 57.2 cm³/mol. The predicted octanol–water partition coefficient (Wildman–Crippen LogP) is 1.91. The Bertz CT molecular complexity index is 312. The lowest BCUT2D eigenvalue weighted by Gasteiger charge is -2.24. The lowest BCUT2D eigenvalue weighted by Crippen LogP contribution is -2.31. The first-order chi connectivity index (χ1) is 7.15. The summed E-state index contributed by atoms with van der Waals surface area (Å²) in [6, 6.07) is 1.63. The van der Waals surface area contributed by atoms with Gasteiger partial charge in [0.2, 0.25) is 0 Å². The van der Waals surface area contributed by atoms with Crippen molar-refractivity contribution in [2.75, 3.05) is 24.6 Å². The summed E-state index contributed by atoms with van der Waals surface area (Å²) in [7, 11) is 0. The Balaban J connectivity index is 2.83. The van der Waals surface area contributed by atoms with Gasteiger partial charge < -0.3 is 10.0 Å². The van der Waals surface area contributed by atoms with Gasteiger partial charge in [-0.05, 0) is 22.0 Å². The molecule has 0 fully saturated rings. The van der Waals surface area contributed by atoms with Crippen molar-refractivity contribution in [1.29, 1.82) is 0 Å². The molecule has 0 aliphatic carbocycles. The fourth-order valence-corrected chi connectivity index (χ4v) is 1.72. The van der Waals surface area contributed by atoms with Gasteiger partial charge in [-0.2, -0.15) is 0 Å². The molecule has 0 radical (unpaired) electrons. The van der Waals surface area contributed by atoms with Gasteiger partial charge in [0.05, 0.1) is 23.3 Å². The molecule has 0 bridgehead atoms. The van der Waals surface area contributed by atoms with Crippen LogP contribution in [0.25, 0.3) is 0 Å². The number of aliphatic hydroxyl groups is 1. The zero-order valence-corrected chi connectivity index (χ0v) is 9.49. The number of aromatic nitrogens is 1. The van der Waals surface area contributed by atoms with E-state index in [0.29, 0.717) is 10.2 Å². The lowest BCUT2D eigenvalue weighted by atomic mass is 10.3. The smallest absolute Gasteiger partial charge is 0.255 e. The van der Waals surface area contributed by atoms with Gasteiger partial charge >= 0.3 is 0 Å². The van der Waals surface area contributed by atoms with Gasteiger partial charge in [0, 0.05) is 18.9 Å². The van der Waals surface area contributed by atoms with Crippen molar-refractivity contribution in [2.24, 2.45) is 0 Å². The maximum atomic E-state index is 12.3. The molecule has 1 rings (SSSR count). The van der Waals surface area contributed by atoms with Crippen LogP contribution >= 0.6 is 15.9 Å². The number of alkyl halides is 2. The van der Waals surface area contributed by atoms with E-state index in [1.165, 1.54) is 17.3 Å². The van der Waals surface area contributed by atoms with Crippen LogP contribution in [-0.2, 0) is 0 Å². The summed E-state index contributed by atoms with van der Waals surface area (Å²) in [5.41, 5.74) is 0.611. The fourth-order valence-electron chi connectivity index (χ4n) is 1.22. The molecule has 3 nitrogen and oxygen atoms in total. The minimum Gasteiger partial charge on any atom is -0.395 e. The Labute approximate surface area is 94.9 Å². The molecule has 0 saturated heterocycles. The second kappa shape index (κ2) is 5.97. The van der Waals surface area contributed by atoms with Crippen LogP contribution in [0.4, 0.5) is 14.5 Å². The van der Waals surface area contributed by atoms with E-state index in [-0.39, 0.29) is 13.2 Å². The highest BCUT2D eigenvalue weighted by atomic mass is 79.9. The van der Waals surface area contributed by atoms with Crippen LogP contribution in [0.3, 0.4) is 0 Å². The van der Waals surface area contributed by atoms with E-state index in [1.54, 1.807) is 6.07 Å². The fraction of sp³-hybridized carbons (Fsp3) is 0.444. The summed E-state index contributed by atoms with van der Waals surface area (Å²) >= 11 is 3.23. The van der Waals surface area contributed by atoms with Gasteiger partial charge in [-0.3, -0.25) is 4.98 Å². The summed E-state index contributed by atoms with van der Waals surface area (Å²) in [6.45, 7) is -0.391. The van der Waals surface area contributed by atoms with E-state index < -0.39 is 13.0 Å². The van der Waals surface area contributed by atoms with Crippen molar-refractivity contribution >= 4 is 21.6 Å². The number of hydrogen-bond acceptors (Lipinski definition) is 3. The molecule has 0 saturated carbocycles. The Kier molecular flexibility index (Phi) is 4.90. The minimum absolute atomic E-state index is 0.165. The SMILES string of the molecule is OCCN(CC(F)F)c1ccncc1Br. The first-order valence-corrected chi connectivity index (χ1v) is 5.18. The maximum absolute atomic E-state index is 12.3. The highest BCUT2D eigenvalue weighted by molar-refractivity contribution is 9.10. The van der Waals surface area contributed by atoms with Crippen LogP contribution in [0.15, 0.2) is 22.9 Å². The van der Waals surface area contributed by atoms with Gasteiger partial charge in [-0.25, -0.2) is 8.78 Å². The van der Waals surface area contributed by atoms with Gasteiger partial charge in [0.25, 0.3) is 6.43 Å². The van der Waals surface area contributed by atoms with Crippen molar-refractivity contribution in [1.82, 2.24) is 4.98 Å². The molecule has 1 N–H and O–H groups in total. The average molecular weight is 281 g/mol. The van der Waals surface area contributed by atoms with Crippen LogP contribution in [-0.4, -0.2) is 36.2 Å². The first-order valence-electron chi connectivity index (χ1n) is 4.38. The standard InChI is InChI=1S/C9H11BrF2N2O/c10-7-5-13-2-1-8(7)14(3-4-15)6-9(11)12/h1-2,5,9,15H,3-4,6H2. The van der Waals surface area contributed by atoms with E-state index >= 15 is 0 Å². The normalized spacial score (nSPS) is 10.7. The largest absolute Gasteiger partial charge is 0.395 e. The average Bonchev–Trinajstić information content (AvgIpc) is 2.17.